The van der Waals surface area contributed by atoms with Crippen LogP contribution in [-0.4, -0.2) is 14.4 Å². The number of fused-ring (bicyclic) bond motifs is 2. The second-order valence-electron chi connectivity index (χ2n) is 6.28. The first-order chi connectivity index (χ1) is 13.3. The fraction of sp³-hybridized carbons (Fsp3) is 0.0455. The molecule has 0 aliphatic heterocycles. The lowest BCUT2D eigenvalue weighted by Crippen LogP contribution is -1.95. The Bertz CT molecular complexity index is 1310. The molecule has 0 saturated carbocycles. The lowest BCUT2D eigenvalue weighted by Gasteiger charge is -2.06. The van der Waals surface area contributed by atoms with Crippen LogP contribution in [0, 0.1) is 11.3 Å². The minimum absolute atomic E-state index is 0.294. The number of pyridine rings is 1. The van der Waals surface area contributed by atoms with Crippen LogP contribution < -0.4 is 0 Å². The van der Waals surface area contributed by atoms with Gasteiger partial charge in [-0.15, -0.1) is 11.3 Å². The molecule has 0 atom stereocenters. The Morgan fingerprint density at radius 3 is 2.70 bits per heavy atom. The molecular formula is C22H14N4S. The molecule has 0 spiro atoms. The quantitative estimate of drug-likeness (QED) is 0.433. The smallest absolute Gasteiger partial charge is 0.194 e. The minimum atomic E-state index is 0.294. The van der Waals surface area contributed by atoms with E-state index in [1.54, 1.807) is 23.7 Å². The first-order valence-electron chi connectivity index (χ1n) is 8.60. The maximum absolute atomic E-state index is 9.41. The third-order valence-corrected chi connectivity index (χ3v) is 5.51. The van der Waals surface area contributed by atoms with Crippen molar-refractivity contribution in [1.82, 2.24) is 14.4 Å². The number of nitriles is 1. The number of imidazole rings is 1. The van der Waals surface area contributed by atoms with Crippen LogP contribution >= 0.6 is 11.3 Å². The fourth-order valence-corrected chi connectivity index (χ4v) is 4.35. The van der Waals surface area contributed by atoms with E-state index in [9.17, 15) is 5.26 Å². The molecule has 5 aromatic rings. The highest BCUT2D eigenvalue weighted by Crippen LogP contribution is 2.34. The topological polar surface area (TPSA) is 54.0 Å². The van der Waals surface area contributed by atoms with Gasteiger partial charge < -0.3 is 0 Å². The average Bonchev–Trinajstić information content (AvgIpc) is 3.29. The van der Waals surface area contributed by atoms with Gasteiger partial charge in [-0.1, -0.05) is 36.4 Å². The van der Waals surface area contributed by atoms with Gasteiger partial charge in [0, 0.05) is 28.9 Å². The molecule has 128 valence electrons. The second kappa shape index (κ2) is 6.35. The van der Waals surface area contributed by atoms with Gasteiger partial charge in [0.2, 0.25) is 0 Å². The molecule has 3 aromatic heterocycles. The van der Waals surface area contributed by atoms with Crippen molar-refractivity contribution < 1.29 is 0 Å². The zero-order chi connectivity index (χ0) is 18.2. The van der Waals surface area contributed by atoms with Crippen molar-refractivity contribution in [2.24, 2.45) is 0 Å². The lowest BCUT2D eigenvalue weighted by molar-refractivity contribution is 1.08. The predicted octanol–water partition coefficient (Wildman–Crippen LogP) is 5.34. The van der Waals surface area contributed by atoms with E-state index in [1.807, 2.05) is 24.3 Å². The molecule has 2 aromatic carbocycles. The van der Waals surface area contributed by atoms with Gasteiger partial charge in [-0.05, 0) is 29.0 Å². The van der Waals surface area contributed by atoms with E-state index in [0.717, 1.165) is 33.2 Å². The van der Waals surface area contributed by atoms with E-state index in [0.29, 0.717) is 6.42 Å². The normalized spacial score (nSPS) is 11.1. The molecule has 4 nitrogen and oxygen atoms in total. The molecule has 0 N–H and O–H groups in total. The number of hydrogen-bond donors (Lipinski definition) is 0. The summed E-state index contributed by atoms with van der Waals surface area (Å²) in [7, 11) is 0. The molecule has 27 heavy (non-hydrogen) atoms. The highest BCUT2D eigenvalue weighted by Gasteiger charge is 2.19. The minimum Gasteiger partial charge on any atom is -0.286 e. The summed E-state index contributed by atoms with van der Waals surface area (Å²) >= 11 is 1.59. The van der Waals surface area contributed by atoms with Gasteiger partial charge in [-0.2, -0.15) is 5.26 Å². The SMILES string of the molecule is N#CCc1c(-c2cccnc2)nc2scc(-c3ccc4ccccc4c3)n12. The van der Waals surface area contributed by atoms with E-state index in [2.05, 4.69) is 51.2 Å². The molecule has 0 amide bonds. The Morgan fingerprint density at radius 1 is 1.00 bits per heavy atom. The van der Waals surface area contributed by atoms with Crippen molar-refractivity contribution in [3.8, 4) is 28.6 Å². The Hall–Kier alpha value is -3.49. The van der Waals surface area contributed by atoms with Crippen molar-refractivity contribution in [3.63, 3.8) is 0 Å². The van der Waals surface area contributed by atoms with Crippen LogP contribution in [0.15, 0.2) is 72.4 Å². The summed E-state index contributed by atoms with van der Waals surface area (Å²) in [6.07, 6.45) is 3.83. The van der Waals surface area contributed by atoms with E-state index in [4.69, 9.17) is 4.98 Å². The molecule has 5 heteroatoms. The van der Waals surface area contributed by atoms with Crippen LogP contribution in [0.25, 0.3) is 38.2 Å². The number of nitrogens with zero attached hydrogens (tertiary/aromatic N) is 4. The van der Waals surface area contributed by atoms with Crippen molar-refractivity contribution >= 4 is 27.1 Å². The molecule has 0 unspecified atom stereocenters. The summed E-state index contributed by atoms with van der Waals surface area (Å²) in [5.74, 6) is 0. The lowest BCUT2D eigenvalue weighted by atomic mass is 10.1. The van der Waals surface area contributed by atoms with Gasteiger partial charge >= 0.3 is 0 Å². The Balaban J connectivity index is 1.75. The first-order valence-corrected chi connectivity index (χ1v) is 9.48. The summed E-state index contributed by atoms with van der Waals surface area (Å²) < 4.78 is 2.11. The number of aromatic nitrogens is 3. The number of rotatable bonds is 3. The average molecular weight is 366 g/mol. The van der Waals surface area contributed by atoms with E-state index in [-0.39, 0.29) is 0 Å². The molecule has 0 saturated heterocycles. The molecule has 0 radical (unpaired) electrons. The molecule has 0 fully saturated rings. The van der Waals surface area contributed by atoms with Gasteiger partial charge in [0.25, 0.3) is 0 Å². The second-order valence-corrected chi connectivity index (χ2v) is 7.12. The van der Waals surface area contributed by atoms with Gasteiger partial charge in [-0.25, -0.2) is 4.98 Å². The maximum atomic E-state index is 9.41. The van der Waals surface area contributed by atoms with Gasteiger partial charge in [0.05, 0.1) is 29.6 Å². The van der Waals surface area contributed by atoms with E-state index < -0.39 is 0 Å². The van der Waals surface area contributed by atoms with Gasteiger partial charge in [0.15, 0.2) is 4.96 Å². The van der Waals surface area contributed by atoms with Crippen LogP contribution in [0.5, 0.6) is 0 Å². The number of benzene rings is 2. The Morgan fingerprint density at radius 2 is 1.89 bits per heavy atom. The molecule has 3 heterocycles. The molecule has 0 bridgehead atoms. The highest BCUT2D eigenvalue weighted by molar-refractivity contribution is 7.15. The summed E-state index contributed by atoms with van der Waals surface area (Å²) in [6.45, 7) is 0. The van der Waals surface area contributed by atoms with Gasteiger partial charge in [0.1, 0.15) is 0 Å². The zero-order valence-corrected chi connectivity index (χ0v) is 15.1. The molecule has 0 aliphatic carbocycles. The maximum Gasteiger partial charge on any atom is 0.194 e. The molecule has 0 aliphatic rings. The predicted molar refractivity (Wildman–Crippen MR) is 109 cm³/mol. The van der Waals surface area contributed by atoms with Crippen molar-refractivity contribution in [3.05, 3.63) is 78.1 Å². The molecule has 5 rings (SSSR count). The van der Waals surface area contributed by atoms with Crippen molar-refractivity contribution in [1.29, 1.82) is 5.26 Å². The summed E-state index contributed by atoms with van der Waals surface area (Å²) in [5, 5.41) is 13.9. The largest absolute Gasteiger partial charge is 0.286 e. The Labute approximate surface area is 160 Å². The summed E-state index contributed by atoms with van der Waals surface area (Å²) in [4.78, 5) is 9.89. The van der Waals surface area contributed by atoms with Crippen LogP contribution in [0.4, 0.5) is 0 Å². The first kappa shape index (κ1) is 15.7. The van der Waals surface area contributed by atoms with Crippen LogP contribution in [0.3, 0.4) is 0 Å². The monoisotopic (exact) mass is 366 g/mol. The fourth-order valence-electron chi connectivity index (χ4n) is 3.44. The van der Waals surface area contributed by atoms with Crippen LogP contribution in [-0.2, 0) is 6.42 Å². The number of hydrogen-bond acceptors (Lipinski definition) is 4. The third-order valence-electron chi connectivity index (χ3n) is 4.69. The van der Waals surface area contributed by atoms with Crippen molar-refractivity contribution in [2.75, 3.05) is 0 Å². The summed E-state index contributed by atoms with van der Waals surface area (Å²) in [5.41, 5.74) is 4.86. The highest BCUT2D eigenvalue weighted by atomic mass is 32.1. The third kappa shape index (κ3) is 2.59. The number of thiazole rings is 1. The van der Waals surface area contributed by atoms with Gasteiger partial charge in [-0.3, -0.25) is 9.38 Å². The Kier molecular flexibility index (Phi) is 3.70. The van der Waals surface area contributed by atoms with Crippen molar-refractivity contribution in [2.45, 2.75) is 6.42 Å². The molecular weight excluding hydrogens is 352 g/mol. The summed E-state index contributed by atoms with van der Waals surface area (Å²) in [6, 6.07) is 21.0. The standard InChI is InChI=1S/C22H14N4S/c23-10-9-19-21(18-6-3-11-24-13-18)25-22-26(19)20(14-27-22)17-8-7-15-4-1-2-5-16(15)12-17/h1-8,11-14H,9H2. The van der Waals surface area contributed by atoms with E-state index in [1.165, 1.54) is 10.8 Å². The van der Waals surface area contributed by atoms with E-state index >= 15 is 0 Å². The van der Waals surface area contributed by atoms with Crippen LogP contribution in [0.1, 0.15) is 5.69 Å². The van der Waals surface area contributed by atoms with Crippen LogP contribution in [0.2, 0.25) is 0 Å². The zero-order valence-electron chi connectivity index (χ0n) is 14.3.